The van der Waals surface area contributed by atoms with Gasteiger partial charge in [0, 0.05) is 22.7 Å². The maximum atomic E-state index is 12.0. The van der Waals surface area contributed by atoms with Crippen molar-refractivity contribution in [3.63, 3.8) is 0 Å². The molecule has 0 spiro atoms. The van der Waals surface area contributed by atoms with Crippen LogP contribution in [-0.4, -0.2) is 23.8 Å². The fourth-order valence-corrected chi connectivity index (χ4v) is 3.35. The number of rotatable bonds is 7. The van der Waals surface area contributed by atoms with Crippen LogP contribution in [0.25, 0.3) is 17.0 Å². The summed E-state index contributed by atoms with van der Waals surface area (Å²) >= 11 is 0. The highest BCUT2D eigenvalue weighted by atomic mass is 16.5. The molecule has 0 saturated carbocycles. The first kappa shape index (κ1) is 20.2. The van der Waals surface area contributed by atoms with Crippen LogP contribution >= 0.6 is 0 Å². The molecular formula is C24H24N2O3. The van der Waals surface area contributed by atoms with Crippen molar-refractivity contribution in [2.24, 2.45) is 0 Å². The molecule has 0 aliphatic rings. The summed E-state index contributed by atoms with van der Waals surface area (Å²) in [5.41, 5.74) is 4.03. The van der Waals surface area contributed by atoms with Gasteiger partial charge in [-0.15, -0.1) is 0 Å². The number of fused-ring (bicyclic) bond motifs is 1. The quantitative estimate of drug-likeness (QED) is 0.331. The first-order valence-electron chi connectivity index (χ1n) is 9.61. The Morgan fingerprint density at radius 1 is 1.14 bits per heavy atom. The molecule has 0 saturated heterocycles. The average Bonchev–Trinajstić information content (AvgIpc) is 3.06. The lowest BCUT2D eigenvalue weighted by molar-refractivity contribution is -0.137. The zero-order chi connectivity index (χ0) is 20.8. The number of hydrogen-bond donors (Lipinski definition) is 0. The van der Waals surface area contributed by atoms with Crippen LogP contribution in [0.2, 0.25) is 0 Å². The molecule has 1 heterocycles. The smallest absolute Gasteiger partial charge is 0.348 e. The Morgan fingerprint density at radius 2 is 1.86 bits per heavy atom. The number of esters is 1. The van der Waals surface area contributed by atoms with Crippen LogP contribution in [0.3, 0.4) is 0 Å². The van der Waals surface area contributed by atoms with Gasteiger partial charge in [0.1, 0.15) is 24.0 Å². The monoisotopic (exact) mass is 388 g/mol. The van der Waals surface area contributed by atoms with Gasteiger partial charge in [0.2, 0.25) is 0 Å². The van der Waals surface area contributed by atoms with E-state index >= 15 is 0 Å². The highest BCUT2D eigenvalue weighted by molar-refractivity contribution is 6.01. The fourth-order valence-electron chi connectivity index (χ4n) is 3.35. The summed E-state index contributed by atoms with van der Waals surface area (Å²) in [5.74, 6) is 0.309. The number of carbonyl (C=O) groups excluding carboxylic acids is 1. The van der Waals surface area contributed by atoms with Gasteiger partial charge >= 0.3 is 5.97 Å². The van der Waals surface area contributed by atoms with E-state index in [2.05, 4.69) is 4.57 Å². The molecule has 2 aromatic carbocycles. The number of hydrogen-bond acceptors (Lipinski definition) is 4. The van der Waals surface area contributed by atoms with E-state index in [-0.39, 0.29) is 12.2 Å². The molecule has 0 fully saturated rings. The zero-order valence-electron chi connectivity index (χ0n) is 16.9. The maximum absolute atomic E-state index is 12.0. The highest BCUT2D eigenvalue weighted by Crippen LogP contribution is 2.25. The number of ether oxygens (including phenoxy) is 2. The topological polar surface area (TPSA) is 64.2 Å². The summed E-state index contributed by atoms with van der Waals surface area (Å²) in [6, 6.07) is 15.9. The number of aromatic nitrogens is 1. The number of nitrogens with zero attached hydrogens (tertiary/aromatic N) is 2. The van der Waals surface area contributed by atoms with E-state index in [0.717, 1.165) is 33.3 Å². The molecule has 0 bridgehead atoms. The Labute approximate surface area is 170 Å². The molecule has 1 aromatic heterocycles. The molecule has 29 heavy (non-hydrogen) atoms. The minimum Gasteiger partial charge on any atom is -0.491 e. The maximum Gasteiger partial charge on any atom is 0.348 e. The van der Waals surface area contributed by atoms with Crippen LogP contribution in [0.1, 0.15) is 23.6 Å². The van der Waals surface area contributed by atoms with E-state index in [4.69, 9.17) is 9.47 Å². The van der Waals surface area contributed by atoms with Crippen molar-refractivity contribution >= 4 is 22.9 Å². The largest absolute Gasteiger partial charge is 0.491 e. The first-order chi connectivity index (χ1) is 14.0. The van der Waals surface area contributed by atoms with Crippen LogP contribution in [0.15, 0.2) is 54.2 Å². The Balaban J connectivity index is 1.86. The Morgan fingerprint density at radius 3 is 2.55 bits per heavy atom. The van der Waals surface area contributed by atoms with Crippen LogP contribution in [0, 0.1) is 25.2 Å². The molecule has 0 aliphatic carbocycles. The second-order valence-electron chi connectivity index (χ2n) is 6.75. The number of benzene rings is 2. The van der Waals surface area contributed by atoms with Gasteiger partial charge < -0.3 is 14.0 Å². The molecule has 5 nitrogen and oxygen atoms in total. The van der Waals surface area contributed by atoms with Gasteiger partial charge in [0.15, 0.2) is 0 Å². The lowest BCUT2D eigenvalue weighted by Gasteiger charge is -2.12. The van der Waals surface area contributed by atoms with Gasteiger partial charge in [0.25, 0.3) is 0 Å². The summed E-state index contributed by atoms with van der Waals surface area (Å²) in [6.07, 6.45) is 3.53. The second-order valence-corrected chi connectivity index (χ2v) is 6.75. The first-order valence-corrected chi connectivity index (χ1v) is 9.61. The third-order valence-electron chi connectivity index (χ3n) is 4.72. The minimum absolute atomic E-state index is 0.0125. The van der Waals surface area contributed by atoms with Crippen LogP contribution in [-0.2, 0) is 16.1 Å². The summed E-state index contributed by atoms with van der Waals surface area (Å²) in [6.45, 7) is 7.17. The molecule has 0 radical (unpaired) electrons. The van der Waals surface area contributed by atoms with Crippen molar-refractivity contribution in [1.82, 2.24) is 4.57 Å². The molecule has 0 amide bonds. The van der Waals surface area contributed by atoms with Crippen molar-refractivity contribution in [2.75, 3.05) is 13.2 Å². The third kappa shape index (κ3) is 4.49. The van der Waals surface area contributed by atoms with Crippen molar-refractivity contribution in [3.05, 3.63) is 70.9 Å². The molecule has 148 valence electrons. The SMILES string of the molecule is CCOC(=O)C(C#N)=Cc1cn(CCOc2c(C)cccc2C)c2ccccc12. The normalized spacial score (nSPS) is 11.3. The van der Waals surface area contributed by atoms with E-state index in [1.165, 1.54) is 0 Å². The van der Waals surface area contributed by atoms with Crippen molar-refractivity contribution < 1.29 is 14.3 Å². The van der Waals surface area contributed by atoms with Crippen molar-refractivity contribution in [2.45, 2.75) is 27.3 Å². The molecule has 3 aromatic rings. The predicted octanol–water partition coefficient (Wildman–Crippen LogP) is 4.81. The molecule has 3 rings (SSSR count). The van der Waals surface area contributed by atoms with E-state index in [9.17, 15) is 10.1 Å². The molecule has 0 atom stereocenters. The Kier molecular flexibility index (Phi) is 6.36. The number of carbonyl (C=O) groups is 1. The molecule has 0 N–H and O–H groups in total. The molecule has 5 heteroatoms. The van der Waals surface area contributed by atoms with Crippen molar-refractivity contribution in [1.29, 1.82) is 5.26 Å². The van der Waals surface area contributed by atoms with Crippen LogP contribution < -0.4 is 4.74 Å². The van der Waals surface area contributed by atoms with E-state index in [1.807, 2.05) is 68.6 Å². The molecule has 0 aliphatic heterocycles. The van der Waals surface area contributed by atoms with Crippen LogP contribution in [0.4, 0.5) is 0 Å². The van der Waals surface area contributed by atoms with E-state index in [1.54, 1.807) is 13.0 Å². The fraction of sp³-hybridized carbons (Fsp3) is 0.250. The lowest BCUT2D eigenvalue weighted by atomic mass is 10.1. The van der Waals surface area contributed by atoms with Gasteiger partial charge in [-0.25, -0.2) is 4.79 Å². The summed E-state index contributed by atoms with van der Waals surface area (Å²) in [4.78, 5) is 12.0. The van der Waals surface area contributed by atoms with Crippen LogP contribution in [0.5, 0.6) is 5.75 Å². The second kappa shape index (κ2) is 9.11. The summed E-state index contributed by atoms with van der Waals surface area (Å²) in [7, 11) is 0. The third-order valence-corrected chi connectivity index (χ3v) is 4.72. The lowest BCUT2D eigenvalue weighted by Crippen LogP contribution is -2.08. The van der Waals surface area contributed by atoms with Gasteiger partial charge in [-0.05, 0) is 44.0 Å². The zero-order valence-corrected chi connectivity index (χ0v) is 16.9. The predicted molar refractivity (Wildman–Crippen MR) is 114 cm³/mol. The van der Waals surface area contributed by atoms with Crippen molar-refractivity contribution in [3.8, 4) is 11.8 Å². The molecular weight excluding hydrogens is 364 g/mol. The van der Waals surface area contributed by atoms with E-state index < -0.39 is 5.97 Å². The van der Waals surface area contributed by atoms with Gasteiger partial charge in [-0.3, -0.25) is 0 Å². The van der Waals surface area contributed by atoms with E-state index in [0.29, 0.717) is 13.2 Å². The van der Waals surface area contributed by atoms with Gasteiger partial charge in [-0.2, -0.15) is 5.26 Å². The average molecular weight is 388 g/mol. The van der Waals surface area contributed by atoms with Gasteiger partial charge in [-0.1, -0.05) is 36.4 Å². The minimum atomic E-state index is -0.606. The summed E-state index contributed by atoms with van der Waals surface area (Å²) in [5, 5.41) is 10.3. The highest BCUT2D eigenvalue weighted by Gasteiger charge is 2.13. The Hall–Kier alpha value is -3.52. The van der Waals surface area contributed by atoms with Gasteiger partial charge in [0.05, 0.1) is 13.2 Å². The number of para-hydroxylation sites is 2. The number of nitriles is 1. The Bertz CT molecular complexity index is 1080. The standard InChI is InChI=1S/C24H24N2O3/c1-4-28-24(27)19(15-25)14-20-16-26(22-11-6-5-10-21(20)22)12-13-29-23-17(2)8-7-9-18(23)3/h5-11,14,16H,4,12-13H2,1-3H3. The number of aryl methyl sites for hydroxylation is 2. The molecule has 0 unspecified atom stereocenters. The summed E-state index contributed by atoms with van der Waals surface area (Å²) < 4.78 is 13.1.